The molecule has 0 radical (unpaired) electrons. The Kier molecular flexibility index (Phi) is 6.62. The molecule has 2 heterocycles. The summed E-state index contributed by atoms with van der Waals surface area (Å²) in [5.74, 6) is -0.0259. The van der Waals surface area contributed by atoms with Crippen LogP contribution in [0.15, 0.2) is 47.4 Å². The highest BCUT2D eigenvalue weighted by Gasteiger charge is 2.14. The molecule has 1 N–H and O–H groups in total. The molecule has 1 saturated heterocycles. The maximum Gasteiger partial charge on any atom is 0.316 e. The van der Waals surface area contributed by atoms with E-state index in [1.54, 1.807) is 22.9 Å². The van der Waals surface area contributed by atoms with E-state index in [9.17, 15) is 9.18 Å². The summed E-state index contributed by atoms with van der Waals surface area (Å²) in [4.78, 5) is 18.8. The zero-order valence-corrected chi connectivity index (χ0v) is 18.7. The zero-order valence-electron chi connectivity index (χ0n) is 17.9. The lowest BCUT2D eigenvalue weighted by Gasteiger charge is -2.29. The number of aryl methyl sites for hydroxylation is 1. The Bertz CT molecular complexity index is 1180. The predicted octanol–water partition coefficient (Wildman–Crippen LogP) is 3.98. The zero-order chi connectivity index (χ0) is 22.7. The number of hydrogen-bond acceptors (Lipinski definition) is 6. The quantitative estimate of drug-likeness (QED) is 0.602. The van der Waals surface area contributed by atoms with Crippen molar-refractivity contribution in [1.29, 1.82) is 0 Å². The lowest BCUT2D eigenvalue weighted by atomic mass is 10.1. The van der Waals surface area contributed by atoms with E-state index in [0.717, 1.165) is 35.6 Å². The van der Waals surface area contributed by atoms with Gasteiger partial charge in [-0.15, -0.1) is 0 Å². The van der Waals surface area contributed by atoms with Gasteiger partial charge < -0.3 is 24.3 Å². The first kappa shape index (κ1) is 22.1. The standard InChI is InChI=1S/C23H24ClFN4O3/c1-15-11-17(28-7-9-32-10-8-28)4-6-20(15)26-23-27-22(30)21(31-2)14-29(23)13-16-3-5-19(25)18(24)12-16/h3-6,11-12,14H,7-10,13H2,1-2H3,(H,26,27,30). The van der Waals surface area contributed by atoms with E-state index in [2.05, 4.69) is 21.3 Å². The van der Waals surface area contributed by atoms with Crippen molar-refractivity contribution in [2.24, 2.45) is 0 Å². The summed E-state index contributed by atoms with van der Waals surface area (Å²) < 4.78 is 25.9. The highest BCUT2D eigenvalue weighted by molar-refractivity contribution is 6.30. The number of anilines is 3. The van der Waals surface area contributed by atoms with Crippen LogP contribution in [0.4, 0.5) is 21.7 Å². The third-order valence-electron chi connectivity index (χ3n) is 5.35. The molecule has 1 aromatic heterocycles. The molecule has 7 nitrogen and oxygen atoms in total. The molecular weight excluding hydrogens is 435 g/mol. The van der Waals surface area contributed by atoms with Crippen LogP contribution in [0.2, 0.25) is 5.02 Å². The summed E-state index contributed by atoms with van der Waals surface area (Å²) in [6.07, 6.45) is 1.58. The van der Waals surface area contributed by atoms with Crippen molar-refractivity contribution in [2.45, 2.75) is 13.5 Å². The second-order valence-corrected chi connectivity index (χ2v) is 7.95. The number of benzene rings is 2. The van der Waals surface area contributed by atoms with Gasteiger partial charge in [0.2, 0.25) is 11.7 Å². The smallest absolute Gasteiger partial charge is 0.316 e. The Hall–Kier alpha value is -3.10. The first-order valence-corrected chi connectivity index (χ1v) is 10.6. The molecule has 0 amide bonds. The van der Waals surface area contributed by atoms with Gasteiger partial charge in [0.1, 0.15) is 5.82 Å². The van der Waals surface area contributed by atoms with Crippen LogP contribution in [0.25, 0.3) is 0 Å². The lowest BCUT2D eigenvalue weighted by molar-refractivity contribution is 0.122. The van der Waals surface area contributed by atoms with Crippen LogP contribution in [0.1, 0.15) is 11.1 Å². The fourth-order valence-corrected chi connectivity index (χ4v) is 3.80. The Morgan fingerprint density at radius 3 is 2.69 bits per heavy atom. The predicted molar refractivity (Wildman–Crippen MR) is 123 cm³/mol. The molecule has 168 valence electrons. The van der Waals surface area contributed by atoms with Crippen LogP contribution >= 0.6 is 11.6 Å². The Labute approximate surface area is 190 Å². The maximum absolute atomic E-state index is 13.6. The molecule has 32 heavy (non-hydrogen) atoms. The van der Waals surface area contributed by atoms with Crippen molar-refractivity contribution >= 4 is 28.9 Å². The average molecular weight is 459 g/mol. The lowest BCUT2D eigenvalue weighted by Crippen LogP contribution is -2.36. The molecule has 0 atom stereocenters. The number of rotatable bonds is 6. The second kappa shape index (κ2) is 9.58. The summed E-state index contributed by atoms with van der Waals surface area (Å²) >= 11 is 5.93. The number of morpholine rings is 1. The highest BCUT2D eigenvalue weighted by atomic mass is 35.5. The van der Waals surface area contributed by atoms with E-state index in [0.29, 0.717) is 25.7 Å². The van der Waals surface area contributed by atoms with Crippen molar-refractivity contribution in [1.82, 2.24) is 9.55 Å². The third kappa shape index (κ3) is 4.87. The number of nitrogens with one attached hydrogen (secondary N) is 1. The van der Waals surface area contributed by atoms with Crippen LogP contribution in [0, 0.1) is 12.7 Å². The number of nitrogens with zero attached hydrogens (tertiary/aromatic N) is 3. The Morgan fingerprint density at radius 2 is 2.00 bits per heavy atom. The SMILES string of the molecule is COc1cn(Cc2ccc(F)c(Cl)c2)c(Nc2ccc(N3CCOCC3)cc2C)nc1=O. The molecule has 0 spiro atoms. The van der Waals surface area contributed by atoms with Gasteiger partial charge in [-0.3, -0.25) is 4.79 Å². The number of methoxy groups -OCH3 is 1. The number of hydrogen-bond donors (Lipinski definition) is 1. The van der Waals surface area contributed by atoms with Gasteiger partial charge in [-0.1, -0.05) is 17.7 Å². The molecule has 1 aliphatic rings. The molecule has 4 rings (SSSR count). The molecule has 1 aliphatic heterocycles. The van der Waals surface area contributed by atoms with Crippen LogP contribution < -0.4 is 20.5 Å². The van der Waals surface area contributed by atoms with E-state index < -0.39 is 11.4 Å². The van der Waals surface area contributed by atoms with Crippen molar-refractivity contribution in [3.8, 4) is 5.75 Å². The summed E-state index contributed by atoms with van der Waals surface area (Å²) in [6.45, 7) is 5.45. The van der Waals surface area contributed by atoms with Crippen LogP contribution in [-0.4, -0.2) is 43.0 Å². The van der Waals surface area contributed by atoms with Crippen LogP contribution in [0.5, 0.6) is 5.75 Å². The number of ether oxygens (including phenoxy) is 2. The van der Waals surface area contributed by atoms with Crippen molar-refractivity contribution in [3.05, 3.63) is 74.9 Å². The third-order valence-corrected chi connectivity index (χ3v) is 5.64. The van der Waals surface area contributed by atoms with Gasteiger partial charge in [0.05, 0.1) is 38.1 Å². The normalized spacial score (nSPS) is 13.8. The minimum absolute atomic E-state index is 0.0347. The van der Waals surface area contributed by atoms with Crippen molar-refractivity contribution in [3.63, 3.8) is 0 Å². The topological polar surface area (TPSA) is 68.6 Å². The van der Waals surface area contributed by atoms with Gasteiger partial charge in [-0.25, -0.2) is 4.39 Å². The van der Waals surface area contributed by atoms with Gasteiger partial charge in [0.15, 0.2) is 0 Å². The van der Waals surface area contributed by atoms with E-state index in [-0.39, 0.29) is 10.8 Å². The number of halogens is 2. The van der Waals surface area contributed by atoms with E-state index >= 15 is 0 Å². The fourth-order valence-electron chi connectivity index (χ4n) is 3.60. The maximum atomic E-state index is 13.6. The highest BCUT2D eigenvalue weighted by Crippen LogP contribution is 2.26. The summed E-state index contributed by atoms with van der Waals surface area (Å²) in [5.41, 5.74) is 3.23. The molecule has 0 saturated carbocycles. The summed E-state index contributed by atoms with van der Waals surface area (Å²) in [7, 11) is 1.42. The first-order chi connectivity index (χ1) is 15.4. The minimum atomic E-state index is -0.486. The molecular formula is C23H24ClFN4O3. The summed E-state index contributed by atoms with van der Waals surface area (Å²) in [5, 5.41) is 3.29. The van der Waals surface area contributed by atoms with Gasteiger partial charge in [-0.05, 0) is 48.4 Å². The van der Waals surface area contributed by atoms with Crippen molar-refractivity contribution < 1.29 is 13.9 Å². The van der Waals surface area contributed by atoms with E-state index in [4.69, 9.17) is 21.1 Å². The molecule has 0 aliphatic carbocycles. The number of aromatic nitrogens is 2. The van der Waals surface area contributed by atoms with Gasteiger partial charge in [-0.2, -0.15) is 4.98 Å². The average Bonchev–Trinajstić information content (AvgIpc) is 2.79. The molecule has 2 aromatic carbocycles. The molecule has 0 unspecified atom stereocenters. The Morgan fingerprint density at radius 1 is 1.22 bits per heavy atom. The fraction of sp³-hybridized carbons (Fsp3) is 0.304. The largest absolute Gasteiger partial charge is 0.490 e. The van der Waals surface area contributed by atoms with Crippen LogP contribution in [0.3, 0.4) is 0 Å². The van der Waals surface area contributed by atoms with Crippen molar-refractivity contribution in [2.75, 3.05) is 43.6 Å². The monoisotopic (exact) mass is 458 g/mol. The van der Waals surface area contributed by atoms with Gasteiger partial charge in [0.25, 0.3) is 0 Å². The van der Waals surface area contributed by atoms with Gasteiger partial charge in [0, 0.05) is 24.5 Å². The molecule has 9 heteroatoms. The van der Waals surface area contributed by atoms with Crippen LogP contribution in [-0.2, 0) is 11.3 Å². The molecule has 0 bridgehead atoms. The molecule has 1 fully saturated rings. The van der Waals surface area contributed by atoms with E-state index in [1.807, 2.05) is 19.1 Å². The van der Waals surface area contributed by atoms with Gasteiger partial charge >= 0.3 is 5.56 Å². The van der Waals surface area contributed by atoms with E-state index in [1.165, 1.54) is 13.2 Å². The Balaban J connectivity index is 1.64. The molecule has 3 aromatic rings. The minimum Gasteiger partial charge on any atom is -0.490 e. The first-order valence-electron chi connectivity index (χ1n) is 10.2. The second-order valence-electron chi connectivity index (χ2n) is 7.54. The summed E-state index contributed by atoms with van der Waals surface area (Å²) in [6, 6.07) is 10.6.